The summed E-state index contributed by atoms with van der Waals surface area (Å²) in [5.41, 5.74) is 0.764. The van der Waals surface area contributed by atoms with Gasteiger partial charge in [-0.3, -0.25) is 10.1 Å². The topological polar surface area (TPSA) is 138 Å². The minimum absolute atomic E-state index is 0.0616. The molecule has 0 unspecified atom stereocenters. The van der Waals surface area contributed by atoms with Crippen LogP contribution in [-0.2, 0) is 34.3 Å². The second kappa shape index (κ2) is 10.3. The van der Waals surface area contributed by atoms with E-state index in [9.17, 15) is 19.7 Å². The Morgan fingerprint density at radius 1 is 1.24 bits per heavy atom. The molecule has 34 heavy (non-hydrogen) atoms. The normalized spacial score (nSPS) is 12.2. The van der Waals surface area contributed by atoms with E-state index < -0.39 is 28.6 Å². The van der Waals surface area contributed by atoms with Crippen LogP contribution in [0.3, 0.4) is 0 Å². The molecular weight excluding hydrogens is 442 g/mol. The Morgan fingerprint density at radius 3 is 2.59 bits per heavy atom. The van der Waals surface area contributed by atoms with Crippen LogP contribution in [0.4, 0.5) is 10.5 Å². The highest BCUT2D eigenvalue weighted by atomic mass is 16.6. The molecule has 2 aromatic heterocycles. The third kappa shape index (κ3) is 6.50. The number of hydrogen-bond donors (Lipinski definition) is 1. The molecule has 0 fully saturated rings. The van der Waals surface area contributed by atoms with Gasteiger partial charge in [0.1, 0.15) is 35.8 Å². The molecule has 0 spiro atoms. The molecule has 0 aliphatic heterocycles. The molecule has 2 heterocycles. The lowest BCUT2D eigenvalue weighted by molar-refractivity contribution is -0.385. The van der Waals surface area contributed by atoms with Crippen molar-refractivity contribution in [3.05, 3.63) is 64.1 Å². The van der Waals surface area contributed by atoms with E-state index >= 15 is 0 Å². The lowest BCUT2D eigenvalue weighted by Gasteiger charge is -2.23. The molecular formula is C23H27N5O6. The highest BCUT2D eigenvalue weighted by molar-refractivity contribution is 5.81. The van der Waals surface area contributed by atoms with Gasteiger partial charge in [0, 0.05) is 19.5 Å². The number of rotatable bonds is 8. The summed E-state index contributed by atoms with van der Waals surface area (Å²) in [5, 5.41) is 13.6. The van der Waals surface area contributed by atoms with Crippen molar-refractivity contribution in [2.75, 3.05) is 0 Å². The van der Waals surface area contributed by atoms with Crippen molar-refractivity contribution in [3.8, 4) is 0 Å². The summed E-state index contributed by atoms with van der Waals surface area (Å²) in [6.45, 7) is 5.23. The van der Waals surface area contributed by atoms with Crippen molar-refractivity contribution in [1.82, 2.24) is 19.9 Å². The molecule has 0 bridgehead atoms. The molecule has 11 heteroatoms. The van der Waals surface area contributed by atoms with Crippen molar-refractivity contribution >= 4 is 28.9 Å². The standard InChI is InChI=1S/C23H27N5O6/c1-23(2,3)34-22(30)26-17(21(29)33-14-15-8-6-5-7-9-15)10-11-19-25-18-12-16(28(31)32)13-24-20(18)27(19)4/h5-9,12-13,17H,10-11,14H2,1-4H3,(H,26,30)/t17-/m0/s1. The predicted octanol–water partition coefficient (Wildman–Crippen LogP) is 3.45. The highest BCUT2D eigenvalue weighted by Crippen LogP contribution is 2.20. The Hall–Kier alpha value is -4.02. The minimum atomic E-state index is -0.985. The number of carbonyl (C=O) groups excluding carboxylic acids is 2. The van der Waals surface area contributed by atoms with E-state index in [0.29, 0.717) is 17.0 Å². The van der Waals surface area contributed by atoms with Crippen LogP contribution in [0.15, 0.2) is 42.6 Å². The summed E-state index contributed by atoms with van der Waals surface area (Å²) in [5.74, 6) is -0.0583. The van der Waals surface area contributed by atoms with Gasteiger partial charge >= 0.3 is 12.1 Å². The minimum Gasteiger partial charge on any atom is -0.459 e. The maximum Gasteiger partial charge on any atom is 0.408 e. The van der Waals surface area contributed by atoms with Crippen molar-refractivity contribution < 1.29 is 24.0 Å². The number of nitro groups is 1. The van der Waals surface area contributed by atoms with Gasteiger partial charge in [-0.1, -0.05) is 30.3 Å². The molecule has 1 amide bonds. The number of pyridine rings is 1. The average Bonchev–Trinajstić information content (AvgIpc) is 3.09. The number of imidazole rings is 1. The summed E-state index contributed by atoms with van der Waals surface area (Å²) in [6.07, 6.45) is 0.881. The molecule has 3 rings (SSSR count). The van der Waals surface area contributed by atoms with E-state index in [2.05, 4.69) is 15.3 Å². The predicted molar refractivity (Wildman–Crippen MR) is 123 cm³/mol. The Labute approximate surface area is 196 Å². The molecule has 1 aromatic carbocycles. The van der Waals surface area contributed by atoms with Crippen molar-refractivity contribution in [3.63, 3.8) is 0 Å². The molecule has 0 saturated carbocycles. The van der Waals surface area contributed by atoms with Gasteiger partial charge in [-0.25, -0.2) is 19.6 Å². The van der Waals surface area contributed by atoms with Crippen molar-refractivity contribution in [2.24, 2.45) is 7.05 Å². The van der Waals surface area contributed by atoms with Crippen LogP contribution in [0.1, 0.15) is 38.6 Å². The zero-order valence-electron chi connectivity index (χ0n) is 19.5. The average molecular weight is 469 g/mol. The summed E-state index contributed by atoms with van der Waals surface area (Å²) >= 11 is 0. The number of aryl methyl sites for hydroxylation is 2. The van der Waals surface area contributed by atoms with E-state index in [-0.39, 0.29) is 25.1 Å². The quantitative estimate of drug-likeness (QED) is 0.301. The number of carbonyl (C=O) groups is 2. The first-order valence-electron chi connectivity index (χ1n) is 10.7. The number of nitrogens with zero attached hydrogens (tertiary/aromatic N) is 4. The maximum atomic E-state index is 12.8. The Balaban J connectivity index is 1.74. The second-order valence-electron chi connectivity index (χ2n) is 8.71. The molecule has 11 nitrogen and oxygen atoms in total. The summed E-state index contributed by atoms with van der Waals surface area (Å²) in [6, 6.07) is 9.55. The molecule has 0 aliphatic rings. The van der Waals surface area contributed by atoms with Gasteiger partial charge in [-0.15, -0.1) is 0 Å². The number of nitrogens with one attached hydrogen (secondary N) is 1. The van der Waals surface area contributed by atoms with Gasteiger partial charge in [0.25, 0.3) is 5.69 Å². The second-order valence-corrected chi connectivity index (χ2v) is 8.71. The van der Waals surface area contributed by atoms with Crippen LogP contribution >= 0.6 is 0 Å². The molecule has 3 aromatic rings. The maximum absolute atomic E-state index is 12.8. The first-order chi connectivity index (χ1) is 16.0. The highest BCUT2D eigenvalue weighted by Gasteiger charge is 2.26. The van der Waals surface area contributed by atoms with Crippen LogP contribution in [0.2, 0.25) is 0 Å². The molecule has 1 atom stereocenters. The number of ether oxygens (including phenoxy) is 2. The van der Waals surface area contributed by atoms with Crippen LogP contribution < -0.4 is 5.32 Å². The number of alkyl carbamates (subject to hydrolysis) is 1. The van der Waals surface area contributed by atoms with Crippen LogP contribution in [0, 0.1) is 10.1 Å². The van der Waals surface area contributed by atoms with Gasteiger partial charge in [0.15, 0.2) is 5.65 Å². The van der Waals surface area contributed by atoms with Gasteiger partial charge in [-0.2, -0.15) is 0 Å². The number of esters is 1. The number of amides is 1. The Kier molecular flexibility index (Phi) is 7.44. The van der Waals surface area contributed by atoms with E-state index in [1.807, 2.05) is 30.3 Å². The number of aromatic nitrogens is 3. The van der Waals surface area contributed by atoms with Crippen molar-refractivity contribution in [2.45, 2.75) is 51.9 Å². The summed E-state index contributed by atoms with van der Waals surface area (Å²) < 4.78 is 12.4. The lowest BCUT2D eigenvalue weighted by atomic mass is 10.1. The number of fused-ring (bicyclic) bond motifs is 1. The van der Waals surface area contributed by atoms with E-state index in [1.54, 1.807) is 32.4 Å². The Morgan fingerprint density at radius 2 is 1.94 bits per heavy atom. The van der Waals surface area contributed by atoms with Crippen LogP contribution in [0.5, 0.6) is 0 Å². The monoisotopic (exact) mass is 469 g/mol. The van der Waals surface area contributed by atoms with Gasteiger partial charge < -0.3 is 19.4 Å². The van der Waals surface area contributed by atoms with Gasteiger partial charge in [0.05, 0.1) is 4.92 Å². The van der Waals surface area contributed by atoms with E-state index in [4.69, 9.17) is 9.47 Å². The molecule has 0 saturated heterocycles. The van der Waals surface area contributed by atoms with Crippen LogP contribution in [-0.4, -0.2) is 43.2 Å². The van der Waals surface area contributed by atoms with Crippen molar-refractivity contribution in [1.29, 1.82) is 0 Å². The summed E-state index contributed by atoms with van der Waals surface area (Å²) in [4.78, 5) is 44.2. The fraction of sp³-hybridized carbons (Fsp3) is 0.391. The number of hydrogen-bond acceptors (Lipinski definition) is 8. The molecule has 1 N–H and O–H groups in total. The Bertz CT molecular complexity index is 1190. The van der Waals surface area contributed by atoms with E-state index in [1.165, 1.54) is 12.3 Å². The largest absolute Gasteiger partial charge is 0.459 e. The third-order valence-electron chi connectivity index (χ3n) is 4.85. The molecule has 0 radical (unpaired) electrons. The molecule has 180 valence electrons. The summed E-state index contributed by atoms with van der Waals surface area (Å²) in [7, 11) is 1.73. The SMILES string of the molecule is Cn1c(CC[C@H](NC(=O)OC(C)(C)C)C(=O)OCc2ccccc2)nc2cc([N+](=O)[O-])cnc21. The molecule has 0 aliphatic carbocycles. The fourth-order valence-corrected chi connectivity index (χ4v) is 3.24. The number of benzene rings is 1. The lowest BCUT2D eigenvalue weighted by Crippen LogP contribution is -2.44. The third-order valence-corrected chi connectivity index (χ3v) is 4.85. The van der Waals surface area contributed by atoms with Gasteiger partial charge in [-0.05, 0) is 32.8 Å². The first kappa shape index (κ1) is 24.6. The van der Waals surface area contributed by atoms with E-state index in [0.717, 1.165) is 5.56 Å². The zero-order chi connectivity index (χ0) is 24.9. The van der Waals surface area contributed by atoms with Crippen LogP contribution in [0.25, 0.3) is 11.2 Å². The zero-order valence-corrected chi connectivity index (χ0v) is 19.5. The van der Waals surface area contributed by atoms with Gasteiger partial charge in [0.2, 0.25) is 0 Å². The smallest absolute Gasteiger partial charge is 0.408 e. The first-order valence-corrected chi connectivity index (χ1v) is 10.7. The fourth-order valence-electron chi connectivity index (χ4n) is 3.24.